The SMILES string of the molecule is CCCC[C@](C)(NOC(=O)[C@@](C)(N)CCSC)C(=O)O. The second kappa shape index (κ2) is 8.49. The number of hydrogen-bond acceptors (Lipinski definition) is 6. The summed E-state index contributed by atoms with van der Waals surface area (Å²) in [5.41, 5.74) is 5.84. The van der Waals surface area contributed by atoms with Gasteiger partial charge in [-0.1, -0.05) is 19.8 Å². The lowest BCUT2D eigenvalue weighted by molar-refractivity contribution is -0.169. The molecule has 2 atom stereocenters. The minimum atomic E-state index is -1.29. The van der Waals surface area contributed by atoms with Gasteiger partial charge in [-0.2, -0.15) is 11.8 Å². The molecule has 0 aromatic rings. The van der Waals surface area contributed by atoms with Crippen LogP contribution in [0.5, 0.6) is 0 Å². The van der Waals surface area contributed by atoms with E-state index in [4.69, 9.17) is 10.6 Å². The van der Waals surface area contributed by atoms with Crippen LogP contribution in [-0.4, -0.2) is 40.1 Å². The first-order valence-electron chi connectivity index (χ1n) is 6.69. The van der Waals surface area contributed by atoms with Gasteiger partial charge in [-0.3, -0.25) is 4.79 Å². The Balaban J connectivity index is 4.55. The number of aliphatic carboxylic acids is 1. The van der Waals surface area contributed by atoms with Crippen LogP contribution in [-0.2, 0) is 14.4 Å². The van der Waals surface area contributed by atoms with Crippen molar-refractivity contribution in [3.63, 3.8) is 0 Å². The van der Waals surface area contributed by atoms with Crippen LogP contribution < -0.4 is 11.2 Å². The van der Waals surface area contributed by atoms with Crippen molar-refractivity contribution in [2.45, 2.75) is 57.5 Å². The summed E-state index contributed by atoms with van der Waals surface area (Å²) in [6.07, 6.45) is 4.35. The fourth-order valence-corrected chi connectivity index (χ4v) is 2.05. The Morgan fingerprint density at radius 3 is 2.40 bits per heavy atom. The summed E-state index contributed by atoms with van der Waals surface area (Å²) in [7, 11) is 0. The van der Waals surface area contributed by atoms with E-state index in [0.717, 1.165) is 18.6 Å². The molecule has 118 valence electrons. The zero-order valence-corrected chi connectivity index (χ0v) is 13.5. The van der Waals surface area contributed by atoms with E-state index in [1.165, 1.54) is 6.92 Å². The van der Waals surface area contributed by atoms with Gasteiger partial charge in [-0.15, -0.1) is 5.48 Å². The van der Waals surface area contributed by atoms with Crippen LogP contribution in [0.2, 0.25) is 0 Å². The lowest BCUT2D eigenvalue weighted by Crippen LogP contribution is -2.55. The second-order valence-electron chi connectivity index (χ2n) is 5.39. The molecule has 0 unspecified atom stereocenters. The molecule has 0 aliphatic carbocycles. The molecule has 0 spiro atoms. The maximum absolute atomic E-state index is 11.9. The van der Waals surface area contributed by atoms with Crippen LogP contribution in [0.1, 0.15) is 46.5 Å². The number of hydroxylamine groups is 1. The number of carbonyl (C=O) groups excluding carboxylic acids is 1. The normalized spacial score (nSPS) is 17.1. The molecular weight excluding hydrogens is 280 g/mol. The van der Waals surface area contributed by atoms with Crippen LogP contribution in [0.3, 0.4) is 0 Å². The zero-order chi connectivity index (χ0) is 15.8. The van der Waals surface area contributed by atoms with E-state index >= 15 is 0 Å². The Morgan fingerprint density at radius 1 is 1.35 bits per heavy atom. The summed E-state index contributed by atoms with van der Waals surface area (Å²) in [5.74, 6) is -0.967. The first kappa shape index (κ1) is 19.2. The average molecular weight is 306 g/mol. The predicted octanol–water partition coefficient (Wildman–Crippen LogP) is 1.54. The number of hydrogen-bond donors (Lipinski definition) is 3. The molecule has 0 aromatic heterocycles. The standard InChI is InChI=1S/C13H26N2O4S/c1-5-6-7-13(3,10(16)17)15-19-11(18)12(2,14)8-9-20-4/h15H,5-9,14H2,1-4H3,(H,16,17)/t12-,13-/m0/s1. The summed E-state index contributed by atoms with van der Waals surface area (Å²) >= 11 is 1.58. The average Bonchev–Trinajstić information content (AvgIpc) is 2.39. The quantitative estimate of drug-likeness (QED) is 0.526. The Kier molecular flexibility index (Phi) is 8.15. The molecule has 0 rings (SSSR count). The van der Waals surface area contributed by atoms with E-state index < -0.39 is 23.0 Å². The fraction of sp³-hybridized carbons (Fsp3) is 0.846. The smallest absolute Gasteiger partial charge is 0.344 e. The van der Waals surface area contributed by atoms with Gasteiger partial charge in [0.25, 0.3) is 0 Å². The van der Waals surface area contributed by atoms with Crippen LogP contribution in [0, 0.1) is 0 Å². The third-order valence-corrected chi connectivity index (χ3v) is 3.78. The van der Waals surface area contributed by atoms with Crippen molar-refractivity contribution in [1.29, 1.82) is 0 Å². The lowest BCUT2D eigenvalue weighted by Gasteiger charge is -2.28. The molecule has 0 aromatic carbocycles. The molecule has 0 saturated carbocycles. The lowest BCUT2D eigenvalue weighted by atomic mass is 9.96. The highest BCUT2D eigenvalue weighted by molar-refractivity contribution is 7.98. The Morgan fingerprint density at radius 2 is 1.95 bits per heavy atom. The first-order valence-corrected chi connectivity index (χ1v) is 8.08. The van der Waals surface area contributed by atoms with E-state index in [-0.39, 0.29) is 0 Å². The third kappa shape index (κ3) is 6.11. The summed E-state index contributed by atoms with van der Waals surface area (Å²) in [6.45, 7) is 5.04. The number of unbranched alkanes of at least 4 members (excludes halogenated alkanes) is 1. The highest BCUT2D eigenvalue weighted by atomic mass is 32.2. The molecule has 0 amide bonds. The minimum absolute atomic E-state index is 0.373. The van der Waals surface area contributed by atoms with Crippen LogP contribution in [0.4, 0.5) is 0 Å². The van der Waals surface area contributed by atoms with Crippen molar-refractivity contribution in [3.05, 3.63) is 0 Å². The molecule has 0 radical (unpaired) electrons. The number of rotatable bonds is 10. The zero-order valence-electron chi connectivity index (χ0n) is 12.7. The van der Waals surface area contributed by atoms with Gasteiger partial charge >= 0.3 is 11.9 Å². The van der Waals surface area contributed by atoms with Crippen molar-refractivity contribution >= 4 is 23.7 Å². The minimum Gasteiger partial charge on any atom is -0.480 e. The van der Waals surface area contributed by atoms with Gasteiger partial charge in [0.05, 0.1) is 0 Å². The Hall–Kier alpha value is -0.790. The molecule has 0 fully saturated rings. The Labute approximate surface area is 124 Å². The van der Waals surface area contributed by atoms with Gasteiger partial charge in [0.2, 0.25) is 0 Å². The predicted molar refractivity (Wildman–Crippen MR) is 80.4 cm³/mol. The van der Waals surface area contributed by atoms with E-state index in [1.54, 1.807) is 18.7 Å². The molecule has 20 heavy (non-hydrogen) atoms. The van der Waals surface area contributed by atoms with Crippen molar-refractivity contribution < 1.29 is 19.5 Å². The van der Waals surface area contributed by atoms with Gasteiger partial charge in [-0.05, 0) is 38.7 Å². The number of thioether (sulfide) groups is 1. The maximum atomic E-state index is 11.9. The van der Waals surface area contributed by atoms with Crippen LogP contribution in [0.15, 0.2) is 0 Å². The van der Waals surface area contributed by atoms with Crippen molar-refractivity contribution in [2.24, 2.45) is 5.73 Å². The highest BCUT2D eigenvalue weighted by Crippen LogP contribution is 2.16. The van der Waals surface area contributed by atoms with Gasteiger partial charge < -0.3 is 15.7 Å². The van der Waals surface area contributed by atoms with E-state index in [0.29, 0.717) is 12.8 Å². The molecule has 6 nitrogen and oxygen atoms in total. The summed E-state index contributed by atoms with van der Waals surface area (Å²) in [4.78, 5) is 28.1. The van der Waals surface area contributed by atoms with Gasteiger partial charge in [0.15, 0.2) is 0 Å². The molecule has 0 aliphatic rings. The van der Waals surface area contributed by atoms with E-state index in [1.807, 2.05) is 13.2 Å². The second-order valence-corrected chi connectivity index (χ2v) is 6.38. The molecule has 0 saturated heterocycles. The van der Waals surface area contributed by atoms with E-state index in [9.17, 15) is 14.7 Å². The number of carbonyl (C=O) groups is 2. The molecule has 0 heterocycles. The van der Waals surface area contributed by atoms with Crippen molar-refractivity contribution in [2.75, 3.05) is 12.0 Å². The van der Waals surface area contributed by atoms with E-state index in [2.05, 4.69) is 5.48 Å². The first-order chi connectivity index (χ1) is 9.19. The highest BCUT2D eigenvalue weighted by Gasteiger charge is 2.37. The number of nitrogens with one attached hydrogen (secondary N) is 1. The monoisotopic (exact) mass is 306 g/mol. The third-order valence-electron chi connectivity index (χ3n) is 3.16. The molecule has 0 aliphatic heterocycles. The topological polar surface area (TPSA) is 102 Å². The fourth-order valence-electron chi connectivity index (χ4n) is 1.42. The summed E-state index contributed by atoms with van der Waals surface area (Å²) in [6, 6.07) is 0. The number of carboxylic acids is 1. The van der Waals surface area contributed by atoms with Gasteiger partial charge in [0.1, 0.15) is 11.1 Å². The van der Waals surface area contributed by atoms with Crippen molar-refractivity contribution in [1.82, 2.24) is 5.48 Å². The van der Waals surface area contributed by atoms with Gasteiger partial charge in [0, 0.05) is 0 Å². The summed E-state index contributed by atoms with van der Waals surface area (Å²) in [5, 5.41) is 9.23. The Bertz CT molecular complexity index is 336. The summed E-state index contributed by atoms with van der Waals surface area (Å²) < 4.78 is 0. The largest absolute Gasteiger partial charge is 0.480 e. The van der Waals surface area contributed by atoms with Crippen molar-refractivity contribution in [3.8, 4) is 0 Å². The molecular formula is C13H26N2O4S. The number of carboxylic acid groups (broad SMARTS) is 1. The molecule has 7 heteroatoms. The number of nitrogens with two attached hydrogens (primary N) is 1. The van der Waals surface area contributed by atoms with Gasteiger partial charge in [-0.25, -0.2) is 4.79 Å². The van der Waals surface area contributed by atoms with Crippen LogP contribution >= 0.6 is 11.8 Å². The molecule has 0 bridgehead atoms. The molecule has 4 N–H and O–H groups in total. The van der Waals surface area contributed by atoms with Crippen LogP contribution in [0.25, 0.3) is 0 Å². The maximum Gasteiger partial charge on any atom is 0.344 e.